The Balaban J connectivity index is 1.55. The van der Waals surface area contributed by atoms with E-state index in [0.29, 0.717) is 11.4 Å². The van der Waals surface area contributed by atoms with Crippen LogP contribution in [-0.2, 0) is 21.3 Å². The smallest absolute Gasteiger partial charge is 0.355 e. The zero-order valence-corrected chi connectivity index (χ0v) is 15.0. The fourth-order valence-electron chi connectivity index (χ4n) is 2.77. The molecule has 1 N–H and O–H groups in total. The van der Waals surface area contributed by atoms with Crippen LogP contribution >= 0.6 is 0 Å². The molecule has 0 saturated carbocycles. The zero-order valence-electron chi connectivity index (χ0n) is 15.0. The van der Waals surface area contributed by atoms with E-state index < -0.39 is 12.1 Å². The first-order valence-corrected chi connectivity index (χ1v) is 8.60. The van der Waals surface area contributed by atoms with Crippen molar-refractivity contribution < 1.29 is 19.1 Å². The summed E-state index contributed by atoms with van der Waals surface area (Å²) in [7, 11) is 1.75. The van der Waals surface area contributed by atoms with Gasteiger partial charge in [0, 0.05) is 37.7 Å². The molecule has 0 bridgehead atoms. The van der Waals surface area contributed by atoms with Crippen molar-refractivity contribution in [3.63, 3.8) is 0 Å². The molecule has 26 heavy (non-hydrogen) atoms. The average Bonchev–Trinajstić information content (AvgIpc) is 3.09. The van der Waals surface area contributed by atoms with Crippen LogP contribution < -0.4 is 10.2 Å². The Kier molecular flexibility index (Phi) is 5.58. The van der Waals surface area contributed by atoms with E-state index in [1.165, 1.54) is 0 Å². The average molecular weight is 357 g/mol. The first-order valence-electron chi connectivity index (χ1n) is 8.60. The molecule has 0 aliphatic carbocycles. The highest BCUT2D eigenvalue weighted by Crippen LogP contribution is 2.19. The number of aromatic nitrogens is 1. The largest absolute Gasteiger partial charge is 0.448 e. The number of rotatable bonds is 5. The maximum Gasteiger partial charge on any atom is 0.355 e. The van der Waals surface area contributed by atoms with Gasteiger partial charge in [0.15, 0.2) is 6.10 Å². The predicted molar refractivity (Wildman–Crippen MR) is 98.4 cm³/mol. The van der Waals surface area contributed by atoms with E-state index in [1.807, 2.05) is 24.3 Å². The van der Waals surface area contributed by atoms with Gasteiger partial charge in [-0.25, -0.2) is 4.79 Å². The van der Waals surface area contributed by atoms with Crippen LogP contribution in [0.25, 0.3) is 0 Å². The lowest BCUT2D eigenvalue weighted by Gasteiger charge is -2.28. The summed E-state index contributed by atoms with van der Waals surface area (Å²) in [5, 5.41) is 2.77. The van der Waals surface area contributed by atoms with Crippen LogP contribution in [0.3, 0.4) is 0 Å². The third kappa shape index (κ3) is 4.23. The number of nitrogens with one attached hydrogen (secondary N) is 1. The van der Waals surface area contributed by atoms with Crippen molar-refractivity contribution in [1.29, 1.82) is 0 Å². The van der Waals surface area contributed by atoms with E-state index >= 15 is 0 Å². The number of esters is 1. The number of hydrogen-bond donors (Lipinski definition) is 1. The number of nitrogens with zero attached hydrogens (tertiary/aromatic N) is 2. The lowest BCUT2D eigenvalue weighted by atomic mass is 10.2. The molecular formula is C19H23N3O4. The van der Waals surface area contributed by atoms with Gasteiger partial charge in [0.1, 0.15) is 5.69 Å². The number of benzene rings is 1. The third-order valence-corrected chi connectivity index (χ3v) is 4.32. The highest BCUT2D eigenvalue weighted by Gasteiger charge is 2.20. The fourth-order valence-corrected chi connectivity index (χ4v) is 2.77. The summed E-state index contributed by atoms with van der Waals surface area (Å²) in [6, 6.07) is 11.0. The van der Waals surface area contributed by atoms with E-state index in [4.69, 9.17) is 9.47 Å². The molecule has 1 saturated heterocycles. The fraction of sp³-hybridized carbons (Fsp3) is 0.368. The lowest BCUT2D eigenvalue weighted by Crippen LogP contribution is -2.36. The van der Waals surface area contributed by atoms with Gasteiger partial charge in [0.2, 0.25) is 0 Å². The van der Waals surface area contributed by atoms with Crippen LogP contribution in [0.1, 0.15) is 17.4 Å². The van der Waals surface area contributed by atoms with Gasteiger partial charge < -0.3 is 24.3 Å². The molecule has 0 spiro atoms. The van der Waals surface area contributed by atoms with Crippen molar-refractivity contribution in [1.82, 2.24) is 4.57 Å². The first kappa shape index (κ1) is 18.0. The Bertz CT molecular complexity index is 763. The van der Waals surface area contributed by atoms with Crippen LogP contribution in [0.15, 0.2) is 42.6 Å². The van der Waals surface area contributed by atoms with Crippen molar-refractivity contribution >= 4 is 23.3 Å². The number of carbonyl (C=O) groups is 2. The summed E-state index contributed by atoms with van der Waals surface area (Å²) in [5.41, 5.74) is 2.16. The molecule has 7 nitrogen and oxygen atoms in total. The van der Waals surface area contributed by atoms with Gasteiger partial charge in [0.05, 0.1) is 13.2 Å². The summed E-state index contributed by atoms with van der Waals surface area (Å²) < 4.78 is 12.2. The molecule has 1 aromatic carbocycles. The molecule has 1 fully saturated rings. The molecule has 2 heterocycles. The zero-order chi connectivity index (χ0) is 18.5. The Morgan fingerprint density at radius 3 is 2.46 bits per heavy atom. The minimum atomic E-state index is -0.892. The lowest BCUT2D eigenvalue weighted by molar-refractivity contribution is -0.123. The van der Waals surface area contributed by atoms with Crippen LogP contribution in [0.4, 0.5) is 11.4 Å². The summed E-state index contributed by atoms with van der Waals surface area (Å²) in [5.74, 6) is -0.894. The molecule has 3 rings (SSSR count). The maximum absolute atomic E-state index is 12.3. The van der Waals surface area contributed by atoms with E-state index in [0.717, 1.165) is 32.0 Å². The topological polar surface area (TPSA) is 72.8 Å². The molecule has 1 aromatic heterocycles. The number of ether oxygens (including phenoxy) is 2. The minimum Gasteiger partial charge on any atom is -0.448 e. The summed E-state index contributed by atoms with van der Waals surface area (Å²) in [6.07, 6.45) is 0.855. The third-order valence-electron chi connectivity index (χ3n) is 4.32. The molecule has 1 aliphatic heterocycles. The molecular weight excluding hydrogens is 334 g/mol. The maximum atomic E-state index is 12.3. The Labute approximate surface area is 152 Å². The van der Waals surface area contributed by atoms with Crippen LogP contribution in [0.2, 0.25) is 0 Å². The van der Waals surface area contributed by atoms with Crippen LogP contribution in [0.5, 0.6) is 0 Å². The molecule has 1 atom stereocenters. The van der Waals surface area contributed by atoms with Crippen LogP contribution in [0, 0.1) is 0 Å². The van der Waals surface area contributed by atoms with E-state index in [1.54, 1.807) is 36.9 Å². The number of carbonyl (C=O) groups excluding carboxylic acids is 2. The molecule has 0 radical (unpaired) electrons. The predicted octanol–water partition coefficient (Wildman–Crippen LogP) is 2.05. The SMILES string of the molecule is C[C@H](OC(=O)c1cccn1C)C(=O)Nc1ccc(N2CCOCC2)cc1. The highest BCUT2D eigenvalue weighted by atomic mass is 16.5. The van der Waals surface area contributed by atoms with Gasteiger partial charge in [-0.3, -0.25) is 4.79 Å². The van der Waals surface area contributed by atoms with E-state index in [2.05, 4.69) is 10.2 Å². The van der Waals surface area contributed by atoms with Crippen molar-refractivity contribution in [2.75, 3.05) is 36.5 Å². The monoisotopic (exact) mass is 357 g/mol. The second-order valence-electron chi connectivity index (χ2n) is 6.19. The quantitative estimate of drug-likeness (QED) is 0.829. The summed E-state index contributed by atoms with van der Waals surface area (Å²) in [4.78, 5) is 26.6. The van der Waals surface area contributed by atoms with Gasteiger partial charge in [0.25, 0.3) is 5.91 Å². The number of amides is 1. The molecule has 0 unspecified atom stereocenters. The molecule has 1 aliphatic rings. The van der Waals surface area contributed by atoms with Gasteiger partial charge in [-0.05, 0) is 43.3 Å². The van der Waals surface area contributed by atoms with E-state index in [-0.39, 0.29) is 5.91 Å². The van der Waals surface area contributed by atoms with Crippen LogP contribution in [-0.4, -0.2) is 48.9 Å². The highest BCUT2D eigenvalue weighted by molar-refractivity contribution is 5.97. The second-order valence-corrected chi connectivity index (χ2v) is 6.19. The van der Waals surface area contributed by atoms with Crippen molar-refractivity contribution in [3.05, 3.63) is 48.3 Å². The van der Waals surface area contributed by atoms with Crippen molar-refractivity contribution in [2.45, 2.75) is 13.0 Å². The molecule has 138 valence electrons. The normalized spacial score (nSPS) is 15.4. The second kappa shape index (κ2) is 8.05. The van der Waals surface area contributed by atoms with Crippen molar-refractivity contribution in [3.8, 4) is 0 Å². The van der Waals surface area contributed by atoms with Gasteiger partial charge in [-0.2, -0.15) is 0 Å². The number of anilines is 2. The first-order chi connectivity index (χ1) is 12.5. The number of morpholine rings is 1. The molecule has 2 aromatic rings. The summed E-state index contributed by atoms with van der Waals surface area (Å²) >= 11 is 0. The van der Waals surface area contributed by atoms with E-state index in [9.17, 15) is 9.59 Å². The van der Waals surface area contributed by atoms with Gasteiger partial charge >= 0.3 is 5.97 Å². The van der Waals surface area contributed by atoms with Gasteiger partial charge in [-0.1, -0.05) is 0 Å². The number of aryl methyl sites for hydroxylation is 1. The number of hydrogen-bond acceptors (Lipinski definition) is 5. The molecule has 1 amide bonds. The Morgan fingerprint density at radius 1 is 1.15 bits per heavy atom. The molecule has 7 heteroatoms. The standard InChI is InChI=1S/C19H23N3O4/c1-14(26-19(24)17-4-3-9-21(17)2)18(23)20-15-5-7-16(8-6-15)22-10-12-25-13-11-22/h3-9,14H,10-13H2,1-2H3,(H,20,23)/t14-/m0/s1. The Hall–Kier alpha value is -2.80. The minimum absolute atomic E-state index is 0.369. The van der Waals surface area contributed by atoms with Crippen molar-refractivity contribution in [2.24, 2.45) is 7.05 Å². The Morgan fingerprint density at radius 2 is 1.85 bits per heavy atom. The summed E-state index contributed by atoms with van der Waals surface area (Å²) in [6.45, 7) is 4.72. The van der Waals surface area contributed by atoms with Gasteiger partial charge in [-0.15, -0.1) is 0 Å².